The van der Waals surface area contributed by atoms with E-state index in [2.05, 4.69) is 289 Å². The highest BCUT2D eigenvalue weighted by atomic mass is 15.2. The molecule has 0 bridgehead atoms. The first-order valence-corrected chi connectivity index (χ1v) is 27.2. The van der Waals surface area contributed by atoms with Crippen molar-refractivity contribution in [2.75, 3.05) is 9.80 Å². The zero-order valence-corrected chi connectivity index (χ0v) is 43.0. The smallest absolute Gasteiger partial charge is 0.252 e. The van der Waals surface area contributed by atoms with E-state index >= 15 is 0 Å². The van der Waals surface area contributed by atoms with Gasteiger partial charge in [-0.1, -0.05) is 231 Å². The summed E-state index contributed by atoms with van der Waals surface area (Å²) < 4.78 is 0. The molecule has 16 rings (SSSR count). The molecule has 0 aliphatic carbocycles. The summed E-state index contributed by atoms with van der Waals surface area (Å²) in [5.74, 6) is 0.676. The molecule has 2 aliphatic rings. The lowest BCUT2D eigenvalue weighted by Gasteiger charge is -2.44. The van der Waals surface area contributed by atoms with Gasteiger partial charge in [0.2, 0.25) is 0 Å². The SMILES string of the molecule is c1ccc(-c2ccc(N3c4cc5c(ccc6ccccc65)cc4B4c5cc6ccc7ccccc7c6cc5N(c5ccc(-c6ccccc6)cc5)c5cc(-c6cc(-c7ccccc7)nc(-c7ccccc7)n6)cc3c54)cc2)cc1. The molecule has 14 aromatic rings. The van der Waals surface area contributed by atoms with Gasteiger partial charge in [-0.05, 0) is 136 Å². The van der Waals surface area contributed by atoms with Gasteiger partial charge in [-0.3, -0.25) is 0 Å². The molecular weight excluding hydrogens is 956 g/mol. The fourth-order valence-corrected chi connectivity index (χ4v) is 12.6. The van der Waals surface area contributed by atoms with Crippen LogP contribution in [0, 0.1) is 0 Å². The third-order valence-corrected chi connectivity index (χ3v) is 16.4. The van der Waals surface area contributed by atoms with E-state index in [0.29, 0.717) is 5.82 Å². The summed E-state index contributed by atoms with van der Waals surface area (Å²) >= 11 is 0. The van der Waals surface area contributed by atoms with E-state index in [-0.39, 0.29) is 6.71 Å². The standard InChI is InChI=1S/C74H47BN4/c1-5-17-48(18-6-1)50-33-37-59(38-34-50)78-69-45-63-56(31-29-52-21-13-15-27-61(52)63)41-65(69)75-66-42-57-32-30-53-22-14-16-28-62(53)64(57)46-70(66)79(60-39-35-51(36-40-60)49-19-7-2-8-20-49)72-44-58(43-71(78)73(72)75)68-47-67(54-23-9-3-10-24-54)76-74(77-68)55-25-11-4-12-26-55/h1-47H. The Kier molecular flexibility index (Phi) is 10.3. The minimum atomic E-state index is -0.138. The molecule has 5 heteroatoms. The molecule has 0 N–H and O–H groups in total. The van der Waals surface area contributed by atoms with Crippen LogP contribution >= 0.6 is 0 Å². The number of hydrogen-bond acceptors (Lipinski definition) is 4. The lowest BCUT2D eigenvalue weighted by molar-refractivity contribution is 1.18. The first kappa shape index (κ1) is 44.9. The minimum absolute atomic E-state index is 0.138. The molecule has 0 spiro atoms. The summed E-state index contributed by atoms with van der Waals surface area (Å²) in [5.41, 5.74) is 19.8. The van der Waals surface area contributed by atoms with Gasteiger partial charge in [0.25, 0.3) is 6.71 Å². The lowest BCUT2D eigenvalue weighted by atomic mass is 9.33. The van der Waals surface area contributed by atoms with Gasteiger partial charge in [-0.2, -0.15) is 0 Å². The maximum Gasteiger partial charge on any atom is 0.252 e. The summed E-state index contributed by atoms with van der Waals surface area (Å²) in [5, 5.41) is 9.78. The summed E-state index contributed by atoms with van der Waals surface area (Å²) in [6, 6.07) is 104. The molecule has 13 aromatic carbocycles. The number of anilines is 6. The fourth-order valence-electron chi connectivity index (χ4n) is 12.6. The second-order valence-corrected chi connectivity index (χ2v) is 20.9. The van der Waals surface area contributed by atoms with Gasteiger partial charge in [0, 0.05) is 50.8 Å². The fraction of sp³-hybridized carbons (Fsp3) is 0. The van der Waals surface area contributed by atoms with Gasteiger partial charge in [-0.15, -0.1) is 0 Å². The molecule has 0 atom stereocenters. The molecule has 3 heterocycles. The number of hydrogen-bond donors (Lipinski definition) is 0. The highest BCUT2D eigenvalue weighted by Gasteiger charge is 2.44. The summed E-state index contributed by atoms with van der Waals surface area (Å²) in [7, 11) is 0. The molecule has 0 radical (unpaired) electrons. The van der Waals surface area contributed by atoms with Crippen molar-refractivity contribution < 1.29 is 0 Å². The van der Waals surface area contributed by atoms with Crippen molar-refractivity contribution in [3.8, 4) is 56.2 Å². The van der Waals surface area contributed by atoms with Crippen LogP contribution in [0.5, 0.6) is 0 Å². The number of nitrogens with zero attached hydrogens (tertiary/aromatic N) is 4. The third-order valence-electron chi connectivity index (χ3n) is 16.4. The average molecular weight is 1000 g/mol. The Balaban J connectivity index is 1.03. The Labute approximate surface area is 458 Å². The van der Waals surface area contributed by atoms with Crippen molar-refractivity contribution in [1.82, 2.24) is 9.97 Å². The van der Waals surface area contributed by atoms with Gasteiger partial charge in [-0.25, -0.2) is 9.97 Å². The second-order valence-electron chi connectivity index (χ2n) is 20.9. The Morgan fingerprint density at radius 1 is 0.253 bits per heavy atom. The van der Waals surface area contributed by atoms with Crippen LogP contribution in [0.15, 0.2) is 285 Å². The highest BCUT2D eigenvalue weighted by Crippen LogP contribution is 2.49. The molecular formula is C74H47BN4. The van der Waals surface area contributed by atoms with Crippen LogP contribution in [0.2, 0.25) is 0 Å². The molecule has 0 amide bonds. The van der Waals surface area contributed by atoms with Gasteiger partial charge < -0.3 is 9.80 Å². The van der Waals surface area contributed by atoms with Crippen LogP contribution in [-0.4, -0.2) is 16.7 Å². The van der Waals surface area contributed by atoms with Crippen molar-refractivity contribution in [1.29, 1.82) is 0 Å². The van der Waals surface area contributed by atoms with E-state index in [0.717, 1.165) is 62.2 Å². The quantitative estimate of drug-likeness (QED) is 0.118. The lowest BCUT2D eigenvalue weighted by Crippen LogP contribution is -2.61. The number of rotatable bonds is 7. The predicted molar refractivity (Wildman–Crippen MR) is 333 cm³/mol. The molecule has 4 nitrogen and oxygen atoms in total. The molecule has 1 aromatic heterocycles. The summed E-state index contributed by atoms with van der Waals surface area (Å²) in [6.45, 7) is -0.138. The van der Waals surface area contributed by atoms with E-state index in [4.69, 9.17) is 9.97 Å². The van der Waals surface area contributed by atoms with E-state index in [9.17, 15) is 0 Å². The average Bonchev–Trinajstić information content (AvgIpc) is 3.54. The normalized spacial score (nSPS) is 12.5. The summed E-state index contributed by atoms with van der Waals surface area (Å²) in [6.07, 6.45) is 0. The van der Waals surface area contributed by atoms with E-state index in [1.807, 2.05) is 6.07 Å². The third kappa shape index (κ3) is 7.46. The highest BCUT2D eigenvalue weighted by molar-refractivity contribution is 7.00. The molecule has 0 fully saturated rings. The van der Waals surface area contributed by atoms with Crippen molar-refractivity contribution in [2.24, 2.45) is 0 Å². The number of benzene rings is 13. The summed E-state index contributed by atoms with van der Waals surface area (Å²) in [4.78, 5) is 15.9. The molecule has 79 heavy (non-hydrogen) atoms. The maximum absolute atomic E-state index is 5.54. The number of aromatic nitrogens is 2. The Bertz CT molecular complexity index is 4410. The Morgan fingerprint density at radius 3 is 1.10 bits per heavy atom. The van der Waals surface area contributed by atoms with Gasteiger partial charge >= 0.3 is 0 Å². The monoisotopic (exact) mass is 1000 g/mol. The number of fused-ring (bicyclic) bond motifs is 10. The van der Waals surface area contributed by atoms with Crippen molar-refractivity contribution in [3.05, 3.63) is 285 Å². The second kappa shape index (κ2) is 18.2. The maximum atomic E-state index is 5.54. The predicted octanol–water partition coefficient (Wildman–Crippen LogP) is 17.5. The van der Waals surface area contributed by atoms with Gasteiger partial charge in [0.05, 0.1) is 11.4 Å². The topological polar surface area (TPSA) is 32.3 Å². The van der Waals surface area contributed by atoms with Crippen LogP contribution in [0.25, 0.3) is 99.2 Å². The van der Waals surface area contributed by atoms with Gasteiger partial charge in [0.15, 0.2) is 5.82 Å². The van der Waals surface area contributed by atoms with E-state index in [1.54, 1.807) is 0 Å². The molecule has 0 saturated heterocycles. The molecule has 366 valence electrons. The first-order valence-electron chi connectivity index (χ1n) is 27.2. The zero-order valence-electron chi connectivity index (χ0n) is 43.0. The Hall–Kier alpha value is -10.4. The largest absolute Gasteiger partial charge is 0.311 e. The van der Waals surface area contributed by atoms with E-state index < -0.39 is 0 Å². The van der Waals surface area contributed by atoms with Crippen LogP contribution in [-0.2, 0) is 0 Å². The van der Waals surface area contributed by atoms with Crippen LogP contribution in [0.1, 0.15) is 0 Å². The molecule has 2 aliphatic heterocycles. The zero-order chi connectivity index (χ0) is 52.0. The first-order chi connectivity index (χ1) is 39.1. The van der Waals surface area contributed by atoms with Crippen LogP contribution in [0.3, 0.4) is 0 Å². The van der Waals surface area contributed by atoms with Crippen molar-refractivity contribution >= 4 is 100 Å². The van der Waals surface area contributed by atoms with Gasteiger partial charge in [0.1, 0.15) is 0 Å². The Morgan fingerprint density at radius 2 is 0.633 bits per heavy atom. The minimum Gasteiger partial charge on any atom is -0.311 e. The van der Waals surface area contributed by atoms with E-state index in [1.165, 1.54) is 81.7 Å². The van der Waals surface area contributed by atoms with Crippen molar-refractivity contribution in [3.63, 3.8) is 0 Å². The molecule has 0 unspecified atom stereocenters. The molecule has 0 saturated carbocycles. The van der Waals surface area contributed by atoms with Crippen LogP contribution in [0.4, 0.5) is 34.1 Å². The van der Waals surface area contributed by atoms with Crippen molar-refractivity contribution in [2.45, 2.75) is 0 Å². The van der Waals surface area contributed by atoms with Crippen LogP contribution < -0.4 is 26.2 Å².